The Balaban J connectivity index is 1.76. The van der Waals surface area contributed by atoms with Crippen LogP contribution < -0.4 is 15.7 Å². The summed E-state index contributed by atoms with van der Waals surface area (Å²) in [4.78, 5) is 29.6. The number of ether oxygens (including phenoxy) is 1. The molecule has 0 radical (unpaired) electrons. The number of aliphatic imine (C=N–C) groups is 1. The fourth-order valence-corrected chi connectivity index (χ4v) is 4.07. The first-order valence-corrected chi connectivity index (χ1v) is 10.8. The van der Waals surface area contributed by atoms with Crippen molar-refractivity contribution >= 4 is 22.7 Å². The van der Waals surface area contributed by atoms with Crippen LogP contribution in [0.4, 0.5) is 0 Å². The number of nitrogens with zero attached hydrogens (tertiary/aromatic N) is 1. The summed E-state index contributed by atoms with van der Waals surface area (Å²) in [6.07, 6.45) is 3.83. The minimum absolute atomic E-state index is 0.179. The summed E-state index contributed by atoms with van der Waals surface area (Å²) in [5, 5.41) is 3.84. The summed E-state index contributed by atoms with van der Waals surface area (Å²) in [7, 11) is 0. The van der Waals surface area contributed by atoms with Crippen LogP contribution in [-0.4, -0.2) is 28.8 Å². The fraction of sp³-hybridized carbons (Fsp3) is 0.571. The van der Waals surface area contributed by atoms with Crippen LogP contribution in [0.2, 0.25) is 0 Å². The summed E-state index contributed by atoms with van der Waals surface area (Å²) in [6, 6.07) is 2.67. The summed E-state index contributed by atoms with van der Waals surface area (Å²) >= 11 is 1.54. The van der Waals surface area contributed by atoms with E-state index in [0.717, 1.165) is 17.0 Å². The molecule has 3 rings (SSSR count). The van der Waals surface area contributed by atoms with Gasteiger partial charge in [0.2, 0.25) is 5.91 Å². The topological polar surface area (TPSA) is 80.9 Å². The van der Waals surface area contributed by atoms with Crippen molar-refractivity contribution in [3.8, 4) is 5.75 Å². The number of rotatable bonds is 9. The van der Waals surface area contributed by atoms with Crippen LogP contribution in [0.25, 0.3) is 0 Å². The van der Waals surface area contributed by atoms with E-state index in [1.54, 1.807) is 6.07 Å². The first-order chi connectivity index (χ1) is 13.3. The Hall–Kier alpha value is -2.02. The molecule has 0 saturated heterocycles. The van der Waals surface area contributed by atoms with Crippen LogP contribution in [-0.2, 0) is 4.79 Å². The van der Waals surface area contributed by atoms with Gasteiger partial charge in [-0.05, 0) is 44.6 Å². The second kappa shape index (κ2) is 8.55. The number of amides is 1. The van der Waals surface area contributed by atoms with Gasteiger partial charge in [0.25, 0.3) is 0 Å². The van der Waals surface area contributed by atoms with Crippen LogP contribution >= 0.6 is 11.8 Å². The lowest BCUT2D eigenvalue weighted by Gasteiger charge is -2.24. The van der Waals surface area contributed by atoms with Crippen molar-refractivity contribution < 1.29 is 13.9 Å². The number of hydrogen-bond acceptors (Lipinski definition) is 6. The van der Waals surface area contributed by atoms with Gasteiger partial charge >= 0.3 is 5.63 Å². The van der Waals surface area contributed by atoms with Crippen molar-refractivity contribution in [2.24, 2.45) is 10.9 Å². The molecule has 1 aliphatic heterocycles. The number of carbonyl (C=O) groups excluding carboxylic acids is 1. The third-order valence-electron chi connectivity index (χ3n) is 4.86. The highest BCUT2D eigenvalue weighted by molar-refractivity contribution is 8.14. The number of nitrogens with one attached hydrogen (secondary N) is 1. The van der Waals surface area contributed by atoms with Crippen LogP contribution in [0.5, 0.6) is 5.75 Å². The molecule has 0 aromatic carbocycles. The molecule has 1 fully saturated rings. The molecule has 1 amide bonds. The Bertz CT molecular complexity index is 843. The molecule has 6 nitrogen and oxygen atoms in total. The van der Waals surface area contributed by atoms with Crippen molar-refractivity contribution in [2.75, 3.05) is 12.4 Å². The highest BCUT2D eigenvalue weighted by atomic mass is 32.2. The van der Waals surface area contributed by atoms with Gasteiger partial charge < -0.3 is 14.5 Å². The summed E-state index contributed by atoms with van der Waals surface area (Å²) in [5.41, 5.74) is -0.465. The van der Waals surface area contributed by atoms with Crippen molar-refractivity contribution in [2.45, 2.75) is 58.0 Å². The molecule has 0 bridgehead atoms. The maximum Gasteiger partial charge on any atom is 0.339 e. The maximum absolute atomic E-state index is 13.0. The van der Waals surface area contributed by atoms with Crippen LogP contribution in [0, 0.1) is 5.92 Å². The molecule has 2 heterocycles. The van der Waals surface area contributed by atoms with Gasteiger partial charge in [0, 0.05) is 11.8 Å². The third-order valence-corrected chi connectivity index (χ3v) is 6.28. The minimum atomic E-state index is -0.856. The Kier molecular flexibility index (Phi) is 6.33. The van der Waals surface area contributed by atoms with Gasteiger partial charge in [-0.25, -0.2) is 4.79 Å². The smallest absolute Gasteiger partial charge is 0.339 e. The highest BCUT2D eigenvalue weighted by Crippen LogP contribution is 2.32. The molecule has 0 spiro atoms. The number of thioether (sulfide) groups is 1. The largest absolute Gasteiger partial charge is 0.493 e. The fourth-order valence-electron chi connectivity index (χ4n) is 2.95. The molecular weight excluding hydrogens is 376 g/mol. The predicted octanol–water partition coefficient (Wildman–Crippen LogP) is 3.87. The van der Waals surface area contributed by atoms with Crippen molar-refractivity contribution in [1.82, 2.24) is 5.32 Å². The van der Waals surface area contributed by atoms with E-state index in [1.165, 1.54) is 30.7 Å². The van der Waals surface area contributed by atoms with Crippen LogP contribution in [0.3, 0.4) is 0 Å². The zero-order chi connectivity index (χ0) is 20.3. The zero-order valence-electron chi connectivity index (χ0n) is 16.7. The standard InChI is InChI=1S/C21H28N2O4S/c1-5-6-16(22-20(25)21(4)12-28-19(23-21)13(2)3)17-9-15(10-18(24)27-17)26-11-14-7-8-14/h9-10,14,16H,2,5-8,11-12H2,1,3-4H3,(H,22,25)/t16-,21+/m1/s1. The van der Waals surface area contributed by atoms with E-state index in [1.807, 2.05) is 20.8 Å². The quantitative estimate of drug-likeness (QED) is 0.676. The molecule has 7 heteroatoms. The van der Waals surface area contributed by atoms with E-state index in [9.17, 15) is 9.59 Å². The summed E-state index contributed by atoms with van der Waals surface area (Å²) in [5.74, 6) is 1.89. The first-order valence-electron chi connectivity index (χ1n) is 9.78. The summed E-state index contributed by atoms with van der Waals surface area (Å²) < 4.78 is 11.1. The molecule has 1 aromatic rings. The second-order valence-corrected chi connectivity index (χ2v) is 8.81. The van der Waals surface area contributed by atoms with Gasteiger partial charge in [-0.2, -0.15) is 0 Å². The van der Waals surface area contributed by atoms with Crippen molar-refractivity contribution in [3.63, 3.8) is 0 Å². The molecule has 1 aliphatic carbocycles. The maximum atomic E-state index is 13.0. The molecule has 1 N–H and O–H groups in total. The van der Waals surface area contributed by atoms with E-state index in [4.69, 9.17) is 9.15 Å². The predicted molar refractivity (Wildman–Crippen MR) is 112 cm³/mol. The van der Waals surface area contributed by atoms with E-state index < -0.39 is 17.2 Å². The lowest BCUT2D eigenvalue weighted by atomic mass is 10.0. The minimum Gasteiger partial charge on any atom is -0.493 e. The Morgan fingerprint density at radius 1 is 1.50 bits per heavy atom. The molecule has 152 valence electrons. The normalized spacial score (nSPS) is 22.5. The van der Waals surface area contributed by atoms with Gasteiger partial charge in [-0.15, -0.1) is 11.8 Å². The Labute approximate surface area is 169 Å². The SMILES string of the molecule is C=C(C)C1=N[C@](C)(C(=O)N[C@H](CCC)c2cc(OCC3CC3)cc(=O)o2)CS1. The average molecular weight is 405 g/mol. The summed E-state index contributed by atoms with van der Waals surface area (Å²) in [6.45, 7) is 10.2. The second-order valence-electron chi connectivity index (χ2n) is 7.84. The van der Waals surface area contributed by atoms with E-state index >= 15 is 0 Å². The monoisotopic (exact) mass is 404 g/mol. The van der Waals surface area contributed by atoms with Gasteiger partial charge in [-0.1, -0.05) is 19.9 Å². The molecule has 2 atom stereocenters. The van der Waals surface area contributed by atoms with Crippen molar-refractivity contribution in [1.29, 1.82) is 0 Å². The Morgan fingerprint density at radius 2 is 2.25 bits per heavy atom. The van der Waals surface area contributed by atoms with Gasteiger partial charge in [0.15, 0.2) is 0 Å². The van der Waals surface area contributed by atoms with Crippen molar-refractivity contribution in [3.05, 3.63) is 40.5 Å². The van der Waals surface area contributed by atoms with E-state index in [-0.39, 0.29) is 5.91 Å². The first kappa shape index (κ1) is 20.7. The molecule has 28 heavy (non-hydrogen) atoms. The van der Waals surface area contributed by atoms with Crippen LogP contribution in [0.15, 0.2) is 38.5 Å². The lowest BCUT2D eigenvalue weighted by molar-refractivity contribution is -0.125. The van der Waals surface area contributed by atoms with E-state index in [0.29, 0.717) is 36.2 Å². The average Bonchev–Trinajstić information content (AvgIpc) is 3.38. The molecule has 1 aromatic heterocycles. The Morgan fingerprint density at radius 3 is 2.86 bits per heavy atom. The third kappa shape index (κ3) is 5.07. The lowest BCUT2D eigenvalue weighted by Crippen LogP contribution is -2.45. The zero-order valence-corrected chi connectivity index (χ0v) is 17.6. The van der Waals surface area contributed by atoms with Gasteiger partial charge in [0.1, 0.15) is 17.0 Å². The molecular formula is C21H28N2O4S. The van der Waals surface area contributed by atoms with Gasteiger partial charge in [0.05, 0.1) is 23.8 Å². The molecule has 0 unspecified atom stereocenters. The van der Waals surface area contributed by atoms with Crippen LogP contribution in [0.1, 0.15) is 58.3 Å². The number of carbonyl (C=O) groups is 1. The highest BCUT2D eigenvalue weighted by Gasteiger charge is 2.39. The molecule has 1 saturated carbocycles. The number of hydrogen-bond donors (Lipinski definition) is 1. The van der Waals surface area contributed by atoms with Gasteiger partial charge in [-0.3, -0.25) is 9.79 Å². The molecule has 2 aliphatic rings. The van der Waals surface area contributed by atoms with E-state index in [2.05, 4.69) is 16.9 Å².